The average Bonchev–Trinajstić information content (AvgIpc) is 2.69. The minimum absolute atomic E-state index is 0.408. The van der Waals surface area contributed by atoms with Crippen molar-refractivity contribution in [1.29, 1.82) is 0 Å². The Morgan fingerprint density at radius 2 is 1.67 bits per heavy atom. The molecule has 1 N–H and O–H groups in total. The summed E-state index contributed by atoms with van der Waals surface area (Å²) in [7, 11) is 0. The third-order valence-electron chi connectivity index (χ3n) is 4.15. The van der Waals surface area contributed by atoms with Crippen molar-refractivity contribution < 1.29 is 23.8 Å². The smallest absolute Gasteiger partial charge is 0.412 e. The van der Waals surface area contributed by atoms with Crippen LogP contribution >= 0.6 is 0 Å². The largest absolute Gasteiger partial charge is 0.493 e. The number of nitrogens with one attached hydrogen (secondary N) is 1. The molecule has 2 aromatic carbocycles. The molecule has 0 bridgehead atoms. The van der Waals surface area contributed by atoms with Crippen molar-refractivity contribution in [1.82, 2.24) is 0 Å². The van der Waals surface area contributed by atoms with E-state index in [9.17, 15) is 9.59 Å². The molecule has 0 aromatic heterocycles. The summed E-state index contributed by atoms with van der Waals surface area (Å²) >= 11 is 0. The Labute approximate surface area is 178 Å². The minimum atomic E-state index is -0.529. The average molecular weight is 414 g/mol. The fourth-order valence-corrected chi connectivity index (χ4v) is 2.78. The van der Waals surface area contributed by atoms with E-state index in [4.69, 9.17) is 14.2 Å². The number of benzene rings is 2. The van der Waals surface area contributed by atoms with Gasteiger partial charge in [0.25, 0.3) is 0 Å². The summed E-state index contributed by atoms with van der Waals surface area (Å²) in [5.41, 5.74) is 2.29. The number of carbonyl (C=O) groups excluding carboxylic acids is 2. The van der Waals surface area contributed by atoms with E-state index < -0.39 is 17.8 Å². The third kappa shape index (κ3) is 8.66. The number of amides is 1. The number of anilines is 1. The van der Waals surface area contributed by atoms with E-state index in [1.54, 1.807) is 0 Å². The van der Waals surface area contributed by atoms with Gasteiger partial charge in [0.05, 0.1) is 6.61 Å². The van der Waals surface area contributed by atoms with E-state index in [2.05, 4.69) is 5.32 Å². The molecular weight excluding hydrogens is 382 g/mol. The van der Waals surface area contributed by atoms with Crippen LogP contribution in [0.4, 0.5) is 10.5 Å². The van der Waals surface area contributed by atoms with Crippen LogP contribution in [0.25, 0.3) is 0 Å². The van der Waals surface area contributed by atoms with Gasteiger partial charge in [0.2, 0.25) is 0 Å². The van der Waals surface area contributed by atoms with Gasteiger partial charge in [-0.25, -0.2) is 4.79 Å². The highest BCUT2D eigenvalue weighted by molar-refractivity contribution is 5.84. The lowest BCUT2D eigenvalue weighted by Gasteiger charge is -2.19. The summed E-state index contributed by atoms with van der Waals surface area (Å²) < 4.78 is 16.4. The summed E-state index contributed by atoms with van der Waals surface area (Å²) in [5.74, 6) is 0.779. The van der Waals surface area contributed by atoms with Crippen LogP contribution in [0.15, 0.2) is 48.5 Å². The van der Waals surface area contributed by atoms with E-state index in [0.29, 0.717) is 25.3 Å². The fourth-order valence-electron chi connectivity index (χ4n) is 2.78. The molecule has 0 saturated carbocycles. The van der Waals surface area contributed by atoms with Crippen molar-refractivity contribution in [3.05, 3.63) is 59.7 Å². The van der Waals surface area contributed by atoms with Crippen LogP contribution in [0.2, 0.25) is 0 Å². The van der Waals surface area contributed by atoms with E-state index in [1.165, 1.54) is 0 Å². The van der Waals surface area contributed by atoms with Gasteiger partial charge in [-0.1, -0.05) is 24.3 Å². The zero-order valence-electron chi connectivity index (χ0n) is 18.1. The molecule has 0 aliphatic carbocycles. The molecule has 2 aromatic rings. The summed E-state index contributed by atoms with van der Waals surface area (Å²) in [4.78, 5) is 22.8. The lowest BCUT2D eigenvalue weighted by atomic mass is 10.1. The van der Waals surface area contributed by atoms with Gasteiger partial charge in [0.1, 0.15) is 23.7 Å². The van der Waals surface area contributed by atoms with E-state index in [1.807, 2.05) is 76.2 Å². The Hall–Kier alpha value is -2.86. The van der Waals surface area contributed by atoms with Crippen LogP contribution in [-0.4, -0.2) is 37.3 Å². The Balaban J connectivity index is 1.77. The van der Waals surface area contributed by atoms with E-state index in [-0.39, 0.29) is 0 Å². The van der Waals surface area contributed by atoms with E-state index >= 15 is 0 Å². The van der Waals surface area contributed by atoms with Crippen molar-refractivity contribution in [3.8, 4) is 5.75 Å². The van der Waals surface area contributed by atoms with Gasteiger partial charge in [-0.15, -0.1) is 0 Å². The molecule has 6 nitrogen and oxygen atoms in total. The molecule has 0 heterocycles. The standard InChI is InChI=1S/C24H31NO5/c1-5-28-22(17-26)16-19-8-12-21(13-9-19)29-15-14-18-6-10-20(11-7-18)25-23(27)30-24(2,3)4/h6-13,17,22H,5,14-16H2,1-4H3,(H,25,27). The number of hydrogen-bond acceptors (Lipinski definition) is 5. The number of ether oxygens (including phenoxy) is 3. The molecular formula is C24H31NO5. The molecule has 0 fully saturated rings. The topological polar surface area (TPSA) is 73.9 Å². The second-order valence-electron chi connectivity index (χ2n) is 7.90. The molecule has 0 aliphatic rings. The minimum Gasteiger partial charge on any atom is -0.493 e. The van der Waals surface area contributed by atoms with Crippen molar-refractivity contribution in [3.63, 3.8) is 0 Å². The molecule has 162 valence electrons. The SMILES string of the molecule is CCOC(C=O)Cc1ccc(OCCc2ccc(NC(=O)OC(C)(C)C)cc2)cc1. The van der Waals surface area contributed by atoms with Gasteiger partial charge in [-0.05, 0) is 63.1 Å². The Morgan fingerprint density at radius 1 is 1.03 bits per heavy atom. The first-order valence-corrected chi connectivity index (χ1v) is 10.2. The Bertz CT molecular complexity index is 794. The number of aldehydes is 1. The van der Waals surface area contributed by atoms with Gasteiger partial charge < -0.3 is 19.0 Å². The molecule has 0 spiro atoms. The molecule has 0 radical (unpaired) electrons. The molecule has 2 rings (SSSR count). The second kappa shape index (κ2) is 11.4. The van der Waals surface area contributed by atoms with Gasteiger partial charge in [0, 0.05) is 25.1 Å². The van der Waals surface area contributed by atoms with Crippen LogP contribution in [-0.2, 0) is 27.1 Å². The van der Waals surface area contributed by atoms with Crippen molar-refractivity contribution in [2.24, 2.45) is 0 Å². The molecule has 6 heteroatoms. The van der Waals surface area contributed by atoms with Crippen LogP contribution in [0, 0.1) is 0 Å². The lowest BCUT2D eigenvalue weighted by Crippen LogP contribution is -2.27. The molecule has 1 atom stereocenters. The maximum atomic E-state index is 11.8. The number of rotatable bonds is 10. The van der Waals surface area contributed by atoms with Crippen LogP contribution in [0.3, 0.4) is 0 Å². The highest BCUT2D eigenvalue weighted by Gasteiger charge is 2.16. The highest BCUT2D eigenvalue weighted by Crippen LogP contribution is 2.16. The summed E-state index contributed by atoms with van der Waals surface area (Å²) in [6.45, 7) is 8.40. The highest BCUT2D eigenvalue weighted by atomic mass is 16.6. The van der Waals surface area contributed by atoms with Crippen molar-refractivity contribution in [2.45, 2.75) is 52.2 Å². The quantitative estimate of drug-likeness (QED) is 0.566. The normalized spacial score (nSPS) is 12.1. The fraction of sp³-hybridized carbons (Fsp3) is 0.417. The third-order valence-corrected chi connectivity index (χ3v) is 4.15. The predicted octanol–water partition coefficient (Wildman–Crippen LogP) is 4.80. The molecule has 1 amide bonds. The number of carbonyl (C=O) groups is 2. The molecule has 0 saturated heterocycles. The zero-order valence-corrected chi connectivity index (χ0v) is 18.1. The van der Waals surface area contributed by atoms with Crippen molar-refractivity contribution in [2.75, 3.05) is 18.5 Å². The second-order valence-corrected chi connectivity index (χ2v) is 7.90. The first kappa shape index (κ1) is 23.4. The van der Waals surface area contributed by atoms with Crippen LogP contribution < -0.4 is 10.1 Å². The molecule has 1 unspecified atom stereocenters. The first-order valence-electron chi connectivity index (χ1n) is 10.2. The monoisotopic (exact) mass is 413 g/mol. The van der Waals surface area contributed by atoms with Gasteiger partial charge in [0.15, 0.2) is 0 Å². The zero-order chi connectivity index (χ0) is 22.0. The van der Waals surface area contributed by atoms with Crippen LogP contribution in [0.5, 0.6) is 5.75 Å². The number of hydrogen-bond donors (Lipinski definition) is 1. The van der Waals surface area contributed by atoms with Gasteiger partial charge in [-0.3, -0.25) is 5.32 Å². The summed E-state index contributed by atoms with van der Waals surface area (Å²) in [6.07, 6.45) is 1.26. The lowest BCUT2D eigenvalue weighted by molar-refractivity contribution is -0.117. The van der Waals surface area contributed by atoms with Crippen molar-refractivity contribution >= 4 is 18.1 Å². The molecule has 30 heavy (non-hydrogen) atoms. The Kier molecular flexibility index (Phi) is 8.87. The summed E-state index contributed by atoms with van der Waals surface area (Å²) in [6, 6.07) is 15.3. The molecule has 0 aliphatic heterocycles. The maximum Gasteiger partial charge on any atom is 0.412 e. The van der Waals surface area contributed by atoms with Crippen LogP contribution in [0.1, 0.15) is 38.8 Å². The van der Waals surface area contributed by atoms with E-state index in [0.717, 1.165) is 29.6 Å². The maximum absolute atomic E-state index is 11.8. The van der Waals surface area contributed by atoms with Gasteiger partial charge in [-0.2, -0.15) is 0 Å². The van der Waals surface area contributed by atoms with Gasteiger partial charge >= 0.3 is 6.09 Å². The summed E-state index contributed by atoms with van der Waals surface area (Å²) in [5, 5.41) is 2.72. The first-order chi connectivity index (χ1) is 14.3. The predicted molar refractivity (Wildman–Crippen MR) is 117 cm³/mol. The Morgan fingerprint density at radius 3 is 2.23 bits per heavy atom.